The second-order valence-electron chi connectivity index (χ2n) is 4.69. The number of carboxylic acid groups (broad SMARTS) is 1. The maximum Gasteiger partial charge on any atom is 0.307 e. The molecule has 0 aromatic heterocycles. The molecule has 2 aromatic rings. The number of hydrogen-bond donors (Lipinski definition) is 1. The van der Waals surface area contributed by atoms with Crippen LogP contribution in [0.2, 0.25) is 0 Å². The Kier molecular flexibility index (Phi) is 2.91. The predicted molar refractivity (Wildman–Crippen MR) is 73.1 cm³/mol. The first kappa shape index (κ1) is 13.5. The molecule has 6 heteroatoms. The summed E-state index contributed by atoms with van der Waals surface area (Å²) in [5.74, 6) is -1.55. The smallest absolute Gasteiger partial charge is 0.307 e. The van der Waals surface area contributed by atoms with Gasteiger partial charge in [-0.15, -0.1) is 0 Å². The average Bonchev–Trinajstić information content (AvgIpc) is 2.44. The van der Waals surface area contributed by atoms with E-state index < -0.39 is 28.0 Å². The number of rotatable bonds is 2. The molecule has 0 fully saturated rings. The molecule has 0 spiro atoms. The SMILES string of the molecule is O=C(O)Cc1cccc2c1S(=O)(=O)c1ccccc1C2=O. The van der Waals surface area contributed by atoms with Crippen LogP contribution in [-0.4, -0.2) is 25.3 Å². The molecule has 1 heterocycles. The summed E-state index contributed by atoms with van der Waals surface area (Å²) in [6, 6.07) is 10.3. The standard InChI is InChI=1S/C15H10O5S/c16-13(17)8-9-4-3-6-11-14(18)10-5-1-2-7-12(10)21(19,20)15(9)11/h1-7H,8H2,(H,16,17). The maximum atomic E-state index is 12.7. The van der Waals surface area contributed by atoms with E-state index in [0.29, 0.717) is 0 Å². The minimum Gasteiger partial charge on any atom is -0.481 e. The van der Waals surface area contributed by atoms with Crippen LogP contribution in [0.15, 0.2) is 52.3 Å². The lowest BCUT2D eigenvalue weighted by Crippen LogP contribution is -2.22. The van der Waals surface area contributed by atoms with E-state index in [2.05, 4.69) is 0 Å². The van der Waals surface area contributed by atoms with Gasteiger partial charge in [-0.05, 0) is 23.8 Å². The van der Waals surface area contributed by atoms with E-state index in [1.165, 1.54) is 36.4 Å². The van der Waals surface area contributed by atoms with Crippen molar-refractivity contribution in [3.05, 3.63) is 59.2 Å². The Morgan fingerprint density at radius 2 is 1.67 bits per heavy atom. The van der Waals surface area contributed by atoms with Gasteiger partial charge in [0.2, 0.25) is 9.84 Å². The summed E-state index contributed by atoms with van der Waals surface area (Å²) in [7, 11) is -3.89. The normalized spacial score (nSPS) is 15.1. The third-order valence-corrected chi connectivity index (χ3v) is 5.33. The van der Waals surface area contributed by atoms with Gasteiger partial charge < -0.3 is 5.11 Å². The van der Waals surface area contributed by atoms with Crippen LogP contribution < -0.4 is 0 Å². The molecular formula is C15H10O5S. The molecule has 2 aromatic carbocycles. The van der Waals surface area contributed by atoms with Gasteiger partial charge in [0.25, 0.3) is 0 Å². The number of fused-ring (bicyclic) bond motifs is 2. The molecule has 0 saturated carbocycles. The molecule has 3 rings (SSSR count). The van der Waals surface area contributed by atoms with E-state index in [-0.39, 0.29) is 26.5 Å². The zero-order valence-electron chi connectivity index (χ0n) is 10.7. The summed E-state index contributed by atoms with van der Waals surface area (Å²) < 4.78 is 25.4. The molecule has 1 N–H and O–H groups in total. The van der Waals surface area contributed by atoms with Gasteiger partial charge in [0.15, 0.2) is 5.78 Å². The molecule has 1 aliphatic rings. The van der Waals surface area contributed by atoms with E-state index in [1.54, 1.807) is 6.07 Å². The van der Waals surface area contributed by atoms with Gasteiger partial charge in [-0.3, -0.25) is 9.59 Å². The fourth-order valence-electron chi connectivity index (χ4n) is 2.53. The lowest BCUT2D eigenvalue weighted by Gasteiger charge is -2.20. The first-order valence-electron chi connectivity index (χ1n) is 6.15. The largest absolute Gasteiger partial charge is 0.481 e. The first-order chi connectivity index (χ1) is 9.93. The van der Waals surface area contributed by atoms with E-state index >= 15 is 0 Å². The van der Waals surface area contributed by atoms with Crippen molar-refractivity contribution < 1.29 is 23.1 Å². The lowest BCUT2D eigenvalue weighted by atomic mass is 9.99. The van der Waals surface area contributed by atoms with Crippen molar-refractivity contribution in [1.29, 1.82) is 0 Å². The molecule has 0 radical (unpaired) electrons. The van der Waals surface area contributed by atoms with Crippen LogP contribution in [-0.2, 0) is 21.1 Å². The summed E-state index contributed by atoms with van der Waals surface area (Å²) >= 11 is 0. The minimum atomic E-state index is -3.89. The van der Waals surface area contributed by atoms with Gasteiger partial charge in [-0.1, -0.05) is 24.3 Å². The van der Waals surface area contributed by atoms with Gasteiger partial charge in [-0.25, -0.2) is 8.42 Å². The van der Waals surface area contributed by atoms with Crippen molar-refractivity contribution in [1.82, 2.24) is 0 Å². The first-order valence-corrected chi connectivity index (χ1v) is 7.64. The van der Waals surface area contributed by atoms with Crippen LogP contribution in [0.25, 0.3) is 0 Å². The Morgan fingerprint density at radius 1 is 1.00 bits per heavy atom. The van der Waals surface area contributed by atoms with Crippen LogP contribution in [0, 0.1) is 0 Å². The van der Waals surface area contributed by atoms with Crippen LogP contribution in [0.1, 0.15) is 21.5 Å². The minimum absolute atomic E-state index is 0.0347. The second-order valence-corrected chi connectivity index (χ2v) is 6.55. The molecule has 0 amide bonds. The molecule has 21 heavy (non-hydrogen) atoms. The Labute approximate surface area is 120 Å². The topological polar surface area (TPSA) is 88.5 Å². The maximum absolute atomic E-state index is 12.7. The number of carbonyl (C=O) groups is 2. The monoisotopic (exact) mass is 302 g/mol. The van der Waals surface area contributed by atoms with Gasteiger partial charge in [0.1, 0.15) is 0 Å². The Bertz CT molecular complexity index is 881. The summed E-state index contributed by atoms with van der Waals surface area (Å²) in [5.41, 5.74) is 0.285. The van der Waals surface area contributed by atoms with Gasteiger partial charge in [0.05, 0.1) is 16.2 Å². The number of aliphatic carboxylic acids is 1. The molecule has 0 aliphatic carbocycles. The summed E-state index contributed by atoms with van der Waals surface area (Å²) in [5, 5.41) is 8.92. The third kappa shape index (κ3) is 1.95. The Morgan fingerprint density at radius 3 is 2.38 bits per heavy atom. The number of sulfone groups is 1. The number of carbonyl (C=O) groups excluding carboxylic acids is 1. The van der Waals surface area contributed by atoms with Crippen LogP contribution in [0.5, 0.6) is 0 Å². The number of carboxylic acids is 1. The van der Waals surface area contributed by atoms with Crippen molar-refractivity contribution in [3.63, 3.8) is 0 Å². The highest BCUT2D eigenvalue weighted by molar-refractivity contribution is 7.91. The van der Waals surface area contributed by atoms with Crippen molar-refractivity contribution >= 4 is 21.6 Å². The van der Waals surface area contributed by atoms with Crippen LogP contribution in [0.4, 0.5) is 0 Å². The average molecular weight is 302 g/mol. The van der Waals surface area contributed by atoms with E-state index in [9.17, 15) is 18.0 Å². The van der Waals surface area contributed by atoms with Crippen molar-refractivity contribution in [2.75, 3.05) is 0 Å². The third-order valence-electron chi connectivity index (χ3n) is 3.37. The number of hydrogen-bond acceptors (Lipinski definition) is 4. The molecule has 1 aliphatic heterocycles. The lowest BCUT2D eigenvalue weighted by molar-refractivity contribution is -0.136. The number of benzene rings is 2. The Hall–Kier alpha value is -2.47. The fourth-order valence-corrected chi connectivity index (χ4v) is 4.39. The zero-order valence-corrected chi connectivity index (χ0v) is 11.6. The highest BCUT2D eigenvalue weighted by atomic mass is 32.2. The van der Waals surface area contributed by atoms with Crippen molar-refractivity contribution in [3.8, 4) is 0 Å². The summed E-state index contributed by atoms with van der Waals surface area (Å²) in [6.45, 7) is 0. The molecule has 5 nitrogen and oxygen atoms in total. The Balaban J connectivity index is 2.37. The molecular weight excluding hydrogens is 292 g/mol. The van der Waals surface area contributed by atoms with Crippen molar-refractivity contribution in [2.24, 2.45) is 0 Å². The molecule has 0 bridgehead atoms. The zero-order chi connectivity index (χ0) is 15.2. The predicted octanol–water partition coefficient (Wildman–Crippen LogP) is 1.69. The van der Waals surface area contributed by atoms with E-state index in [1.807, 2.05) is 0 Å². The highest BCUT2D eigenvalue weighted by Gasteiger charge is 2.36. The van der Waals surface area contributed by atoms with E-state index in [0.717, 1.165) is 0 Å². The molecule has 0 atom stereocenters. The quantitative estimate of drug-likeness (QED) is 0.778. The second kappa shape index (κ2) is 4.53. The van der Waals surface area contributed by atoms with Crippen molar-refractivity contribution in [2.45, 2.75) is 16.2 Å². The van der Waals surface area contributed by atoms with Crippen LogP contribution in [0.3, 0.4) is 0 Å². The van der Waals surface area contributed by atoms with Gasteiger partial charge >= 0.3 is 5.97 Å². The molecule has 0 unspecified atom stereocenters. The molecule has 0 saturated heterocycles. The highest BCUT2D eigenvalue weighted by Crippen LogP contribution is 2.36. The number of ketones is 1. The van der Waals surface area contributed by atoms with Crippen LogP contribution >= 0.6 is 0 Å². The fraction of sp³-hybridized carbons (Fsp3) is 0.0667. The van der Waals surface area contributed by atoms with E-state index in [4.69, 9.17) is 5.11 Å². The van der Waals surface area contributed by atoms with Gasteiger partial charge in [0, 0.05) is 11.1 Å². The van der Waals surface area contributed by atoms with Gasteiger partial charge in [-0.2, -0.15) is 0 Å². The molecule has 106 valence electrons. The summed E-state index contributed by atoms with van der Waals surface area (Å²) in [4.78, 5) is 23.1. The summed E-state index contributed by atoms with van der Waals surface area (Å²) in [6.07, 6.45) is -0.447.